The molecule has 4 rings (SSSR count). The summed E-state index contributed by atoms with van der Waals surface area (Å²) in [6.07, 6.45) is 1.50. The second kappa shape index (κ2) is 6.49. The summed E-state index contributed by atoms with van der Waals surface area (Å²) >= 11 is 4.00. The van der Waals surface area contributed by atoms with Crippen LogP contribution in [0.4, 0.5) is 0 Å². The first-order valence-corrected chi connectivity index (χ1v) is 10.4. The molecule has 0 aliphatic carbocycles. The molecule has 4 nitrogen and oxygen atoms in total. The van der Waals surface area contributed by atoms with E-state index in [4.69, 9.17) is 18.4 Å². The highest BCUT2D eigenvalue weighted by atomic mass is 32.1. The van der Waals surface area contributed by atoms with E-state index in [1.807, 2.05) is 26.0 Å². The van der Waals surface area contributed by atoms with Crippen LogP contribution in [0.2, 0.25) is 0 Å². The summed E-state index contributed by atoms with van der Waals surface area (Å²) in [5, 5.41) is 0. The summed E-state index contributed by atoms with van der Waals surface area (Å²) in [7, 11) is 1.71. The number of benzene rings is 2. The van der Waals surface area contributed by atoms with Gasteiger partial charge in [0.2, 0.25) is 0 Å². The second-order valence-electron chi connectivity index (χ2n) is 9.76. The van der Waals surface area contributed by atoms with Gasteiger partial charge in [0.25, 0.3) is 5.79 Å². The third-order valence-electron chi connectivity index (χ3n) is 6.35. The predicted octanol–water partition coefficient (Wildman–Crippen LogP) is 6.05. The highest BCUT2D eigenvalue weighted by Crippen LogP contribution is 2.55. The lowest BCUT2D eigenvalue weighted by molar-refractivity contribution is -0.166. The van der Waals surface area contributed by atoms with Crippen molar-refractivity contribution in [2.45, 2.75) is 71.0 Å². The molecule has 2 aromatic rings. The normalized spacial score (nSPS) is 23.4. The van der Waals surface area contributed by atoms with Crippen LogP contribution in [0.1, 0.15) is 62.8 Å². The van der Waals surface area contributed by atoms with Crippen LogP contribution in [0.25, 0.3) is 0 Å². The molecule has 29 heavy (non-hydrogen) atoms. The van der Waals surface area contributed by atoms with Gasteiger partial charge in [-0.25, -0.2) is 0 Å². The number of hydrogen-bond donors (Lipinski definition) is 1. The number of methoxy groups -OCH3 is 1. The number of thiol groups is 1. The van der Waals surface area contributed by atoms with Gasteiger partial charge in [-0.2, -0.15) is 0 Å². The van der Waals surface area contributed by atoms with Crippen LogP contribution in [0.5, 0.6) is 23.0 Å². The predicted molar refractivity (Wildman–Crippen MR) is 118 cm³/mol. The van der Waals surface area contributed by atoms with Gasteiger partial charge in [0.1, 0.15) is 23.0 Å². The fraction of sp³-hybridized carbons (Fsp3) is 0.500. The van der Waals surface area contributed by atoms with Gasteiger partial charge < -0.3 is 18.4 Å². The third kappa shape index (κ3) is 3.24. The molecule has 2 heterocycles. The van der Waals surface area contributed by atoms with Crippen LogP contribution in [-0.4, -0.2) is 12.9 Å². The Labute approximate surface area is 179 Å². The molecule has 0 saturated carbocycles. The standard InChI is InChI=1S/C24H30O4S/c1-14-8-20-16(10-18(14)25-7)22(3,4)12-24(26-20)13-23(5,6)17-11-19(28-29)15(2)9-21(17)27-24/h8-11,29H,12-13H2,1-7H3. The summed E-state index contributed by atoms with van der Waals surface area (Å²) in [6.45, 7) is 13.0. The number of fused-ring (bicyclic) bond motifs is 2. The lowest BCUT2D eigenvalue weighted by Gasteiger charge is -2.51. The van der Waals surface area contributed by atoms with Crippen LogP contribution in [0, 0.1) is 13.8 Å². The van der Waals surface area contributed by atoms with Gasteiger partial charge in [0, 0.05) is 47.7 Å². The molecule has 0 aromatic heterocycles. The molecule has 1 spiro atoms. The van der Waals surface area contributed by atoms with Gasteiger partial charge in [-0.15, -0.1) is 0 Å². The summed E-state index contributed by atoms with van der Waals surface area (Å²) in [5.41, 5.74) is 4.07. The number of ether oxygens (including phenoxy) is 3. The van der Waals surface area contributed by atoms with E-state index in [9.17, 15) is 0 Å². The molecule has 0 N–H and O–H groups in total. The van der Waals surface area contributed by atoms with Crippen LogP contribution in [0.3, 0.4) is 0 Å². The van der Waals surface area contributed by atoms with Crippen molar-refractivity contribution >= 4 is 12.9 Å². The number of rotatable bonds is 2. The van der Waals surface area contributed by atoms with E-state index in [1.165, 1.54) is 0 Å². The van der Waals surface area contributed by atoms with Crippen molar-refractivity contribution in [3.05, 3.63) is 46.5 Å². The smallest absolute Gasteiger partial charge is 0.252 e. The Morgan fingerprint density at radius 1 is 0.793 bits per heavy atom. The first-order valence-electron chi connectivity index (χ1n) is 10.0. The number of aryl methyl sites for hydroxylation is 2. The van der Waals surface area contributed by atoms with Crippen molar-refractivity contribution in [2.24, 2.45) is 0 Å². The maximum Gasteiger partial charge on any atom is 0.252 e. The first kappa shape index (κ1) is 20.3. The molecule has 0 saturated heterocycles. The molecular formula is C24H30O4S. The van der Waals surface area contributed by atoms with Crippen LogP contribution in [0.15, 0.2) is 24.3 Å². The van der Waals surface area contributed by atoms with Gasteiger partial charge in [-0.05, 0) is 49.2 Å². The Morgan fingerprint density at radius 2 is 1.24 bits per heavy atom. The molecule has 0 fully saturated rings. The SMILES string of the molecule is COc1cc2c(cc1C)OC1(CC2(C)C)CC(C)(C)c2cc(OS)c(C)cc2O1. The maximum absolute atomic E-state index is 6.64. The van der Waals surface area contributed by atoms with Crippen molar-refractivity contribution in [1.29, 1.82) is 0 Å². The van der Waals surface area contributed by atoms with Crippen molar-refractivity contribution in [2.75, 3.05) is 7.11 Å². The minimum Gasteiger partial charge on any atom is -0.496 e. The molecule has 0 radical (unpaired) electrons. The molecule has 2 aliphatic rings. The van der Waals surface area contributed by atoms with Crippen molar-refractivity contribution in [3.8, 4) is 23.0 Å². The maximum atomic E-state index is 6.64. The quantitative estimate of drug-likeness (QED) is 0.479. The highest BCUT2D eigenvalue weighted by molar-refractivity contribution is 7.75. The Bertz CT molecular complexity index is 898. The first-order chi connectivity index (χ1) is 13.5. The van der Waals surface area contributed by atoms with Gasteiger partial charge in [0.05, 0.1) is 7.11 Å². The summed E-state index contributed by atoms with van der Waals surface area (Å²) in [5.74, 6) is 2.67. The molecule has 1 unspecified atom stereocenters. The van der Waals surface area contributed by atoms with E-state index in [0.29, 0.717) is 0 Å². The zero-order valence-corrected chi connectivity index (χ0v) is 19.2. The van der Waals surface area contributed by atoms with E-state index in [-0.39, 0.29) is 10.8 Å². The Kier molecular flexibility index (Phi) is 4.54. The topological polar surface area (TPSA) is 36.9 Å². The summed E-state index contributed by atoms with van der Waals surface area (Å²) < 4.78 is 24.1. The molecule has 2 aromatic carbocycles. The summed E-state index contributed by atoms with van der Waals surface area (Å²) in [4.78, 5) is 0. The van der Waals surface area contributed by atoms with Gasteiger partial charge in [0.15, 0.2) is 0 Å². The minimum atomic E-state index is -0.718. The fourth-order valence-electron chi connectivity index (χ4n) is 5.03. The Hall–Kier alpha value is -2.01. The molecule has 0 amide bonds. The zero-order chi connectivity index (χ0) is 21.2. The third-order valence-corrected chi connectivity index (χ3v) is 6.54. The van der Waals surface area contributed by atoms with Crippen LogP contribution >= 0.6 is 12.9 Å². The molecule has 5 heteroatoms. The average molecular weight is 415 g/mol. The lowest BCUT2D eigenvalue weighted by Crippen LogP contribution is -2.55. The lowest BCUT2D eigenvalue weighted by atomic mass is 9.69. The van der Waals surface area contributed by atoms with E-state index in [1.54, 1.807) is 7.11 Å². The Balaban J connectivity index is 1.82. The van der Waals surface area contributed by atoms with Gasteiger partial charge in [-0.3, -0.25) is 0 Å². The second-order valence-corrected chi connectivity index (χ2v) is 9.94. The molecular weight excluding hydrogens is 384 g/mol. The van der Waals surface area contributed by atoms with Crippen LogP contribution < -0.4 is 18.4 Å². The summed E-state index contributed by atoms with van der Waals surface area (Å²) in [6, 6.07) is 8.27. The molecule has 156 valence electrons. The molecule has 2 aliphatic heterocycles. The van der Waals surface area contributed by atoms with Gasteiger partial charge >= 0.3 is 0 Å². The van der Waals surface area contributed by atoms with Crippen molar-refractivity contribution < 1.29 is 18.4 Å². The Morgan fingerprint density at radius 3 is 1.69 bits per heavy atom. The van der Waals surface area contributed by atoms with Gasteiger partial charge in [-0.1, -0.05) is 27.7 Å². The largest absolute Gasteiger partial charge is 0.496 e. The van der Waals surface area contributed by atoms with Crippen molar-refractivity contribution in [3.63, 3.8) is 0 Å². The fourth-order valence-corrected chi connectivity index (χ4v) is 5.23. The van der Waals surface area contributed by atoms with Crippen molar-refractivity contribution in [1.82, 2.24) is 0 Å². The number of hydrogen-bond acceptors (Lipinski definition) is 5. The highest BCUT2D eigenvalue weighted by Gasteiger charge is 2.53. The molecule has 0 bridgehead atoms. The average Bonchev–Trinajstić information content (AvgIpc) is 2.59. The molecule has 1 atom stereocenters. The zero-order valence-electron chi connectivity index (χ0n) is 18.3. The minimum absolute atomic E-state index is 0.120. The van der Waals surface area contributed by atoms with E-state index >= 15 is 0 Å². The van der Waals surface area contributed by atoms with E-state index in [2.05, 4.69) is 52.7 Å². The van der Waals surface area contributed by atoms with E-state index in [0.717, 1.165) is 58.1 Å². The van der Waals surface area contributed by atoms with Crippen LogP contribution in [-0.2, 0) is 10.8 Å². The van der Waals surface area contributed by atoms with E-state index < -0.39 is 5.79 Å². The monoisotopic (exact) mass is 414 g/mol.